The number of carbonyl (C=O) groups excluding carboxylic acids is 1. The molecule has 6 rings (SSSR count). The van der Waals surface area contributed by atoms with Crippen LogP contribution in [0.5, 0.6) is 0 Å². The number of piperidine rings is 1. The van der Waals surface area contributed by atoms with E-state index in [4.69, 9.17) is 0 Å². The quantitative estimate of drug-likeness (QED) is 0.350. The summed E-state index contributed by atoms with van der Waals surface area (Å²) >= 11 is 0. The van der Waals surface area contributed by atoms with Gasteiger partial charge in [0, 0.05) is 25.8 Å². The molecule has 0 amide bonds. The molecule has 3 aromatic heterocycles. The fourth-order valence-corrected chi connectivity index (χ4v) is 6.62. The topological polar surface area (TPSA) is 116 Å². The van der Waals surface area contributed by atoms with Crippen molar-refractivity contribution in [1.29, 1.82) is 0 Å². The lowest BCUT2D eigenvalue weighted by Crippen LogP contribution is -2.53. The summed E-state index contributed by atoms with van der Waals surface area (Å²) in [7, 11) is -3.99. The third kappa shape index (κ3) is 3.87. The molecule has 1 aromatic carbocycles. The number of halogens is 1. The van der Waals surface area contributed by atoms with Gasteiger partial charge in [0.25, 0.3) is 10.0 Å². The number of ketones is 1. The SMILES string of the molecule is CCn1cc(S(=O)(=O)N2CCC3=Cc4c(cnn4-c4ccc(F)cc4)C[C@]3(C(=O)c3ccccn3)C2)nn1. The van der Waals surface area contributed by atoms with Gasteiger partial charge >= 0.3 is 0 Å². The molecule has 2 aliphatic rings. The van der Waals surface area contributed by atoms with Gasteiger partial charge in [0.2, 0.25) is 5.03 Å². The van der Waals surface area contributed by atoms with Crippen LogP contribution in [0.3, 0.4) is 0 Å². The van der Waals surface area contributed by atoms with Crippen molar-refractivity contribution in [2.45, 2.75) is 31.3 Å². The molecule has 194 valence electrons. The molecule has 0 N–H and O–H groups in total. The number of sulfonamides is 1. The largest absolute Gasteiger partial charge is 0.291 e. The van der Waals surface area contributed by atoms with Gasteiger partial charge in [-0.2, -0.15) is 9.40 Å². The van der Waals surface area contributed by atoms with Crippen LogP contribution >= 0.6 is 0 Å². The van der Waals surface area contributed by atoms with Gasteiger partial charge in [-0.25, -0.2) is 17.5 Å². The van der Waals surface area contributed by atoms with Crippen LogP contribution in [0.4, 0.5) is 4.39 Å². The predicted molar refractivity (Wildman–Crippen MR) is 135 cm³/mol. The summed E-state index contributed by atoms with van der Waals surface area (Å²) in [6.07, 6.45) is 7.15. The molecule has 1 atom stereocenters. The number of Topliss-reactive ketones (excluding diaryl/α,β-unsaturated/α-hetero) is 1. The van der Waals surface area contributed by atoms with Gasteiger partial charge in [-0.1, -0.05) is 16.9 Å². The van der Waals surface area contributed by atoms with Crippen molar-refractivity contribution in [3.8, 4) is 5.69 Å². The van der Waals surface area contributed by atoms with Crippen molar-refractivity contribution in [2.24, 2.45) is 5.41 Å². The van der Waals surface area contributed by atoms with Crippen molar-refractivity contribution in [3.05, 3.63) is 89.4 Å². The Morgan fingerprint density at radius 3 is 2.68 bits per heavy atom. The minimum atomic E-state index is -3.99. The first-order valence-corrected chi connectivity index (χ1v) is 13.7. The summed E-state index contributed by atoms with van der Waals surface area (Å²) < 4.78 is 45.1. The molecule has 1 saturated heterocycles. The summed E-state index contributed by atoms with van der Waals surface area (Å²) in [4.78, 5) is 18.4. The highest BCUT2D eigenvalue weighted by Gasteiger charge is 2.51. The van der Waals surface area contributed by atoms with E-state index in [0.717, 1.165) is 16.8 Å². The highest BCUT2D eigenvalue weighted by Crippen LogP contribution is 2.47. The number of aryl methyl sites for hydroxylation is 1. The van der Waals surface area contributed by atoms with E-state index in [0.29, 0.717) is 18.7 Å². The van der Waals surface area contributed by atoms with Crippen molar-refractivity contribution < 1.29 is 17.6 Å². The zero-order valence-corrected chi connectivity index (χ0v) is 21.3. The van der Waals surface area contributed by atoms with E-state index in [-0.39, 0.29) is 41.8 Å². The Labute approximate surface area is 218 Å². The van der Waals surface area contributed by atoms with E-state index in [2.05, 4.69) is 20.4 Å². The summed E-state index contributed by atoms with van der Waals surface area (Å²) in [5, 5.41) is 12.1. The zero-order valence-electron chi connectivity index (χ0n) is 20.5. The third-order valence-corrected chi connectivity index (χ3v) is 8.94. The van der Waals surface area contributed by atoms with Crippen LogP contribution in [0, 0.1) is 11.2 Å². The average Bonchev–Trinajstić information content (AvgIpc) is 3.59. The number of hydrogen-bond donors (Lipinski definition) is 0. The molecule has 0 saturated carbocycles. The maximum atomic E-state index is 14.1. The Morgan fingerprint density at radius 2 is 1.97 bits per heavy atom. The molecule has 0 unspecified atom stereocenters. The van der Waals surface area contributed by atoms with Crippen LogP contribution in [-0.2, 0) is 23.0 Å². The molecule has 0 bridgehead atoms. The van der Waals surface area contributed by atoms with Crippen LogP contribution in [0.15, 0.2) is 71.7 Å². The smallest absolute Gasteiger partial charge is 0.264 e. The molecule has 10 nitrogen and oxygen atoms in total. The van der Waals surface area contributed by atoms with Gasteiger partial charge in [-0.05, 0) is 67.8 Å². The average molecular weight is 534 g/mol. The van der Waals surface area contributed by atoms with Gasteiger partial charge in [-0.15, -0.1) is 5.10 Å². The highest BCUT2D eigenvalue weighted by atomic mass is 32.2. The van der Waals surface area contributed by atoms with E-state index < -0.39 is 15.4 Å². The first kappa shape index (κ1) is 24.3. The van der Waals surface area contributed by atoms with Crippen LogP contribution in [0.25, 0.3) is 11.8 Å². The summed E-state index contributed by atoms with van der Waals surface area (Å²) in [5.41, 5.74) is 2.19. The van der Waals surface area contributed by atoms with E-state index in [1.54, 1.807) is 47.4 Å². The van der Waals surface area contributed by atoms with Gasteiger partial charge in [-0.3, -0.25) is 14.5 Å². The lowest BCUT2D eigenvalue weighted by Gasteiger charge is -2.44. The third-order valence-electron chi connectivity index (χ3n) is 7.23. The molecule has 12 heteroatoms. The van der Waals surface area contributed by atoms with E-state index in [1.807, 2.05) is 13.0 Å². The van der Waals surface area contributed by atoms with Gasteiger partial charge in [0.15, 0.2) is 5.78 Å². The fraction of sp³-hybridized carbons (Fsp3) is 0.269. The lowest BCUT2D eigenvalue weighted by molar-refractivity contribution is 0.0770. The molecule has 4 aromatic rings. The minimum absolute atomic E-state index is 0.0588. The minimum Gasteiger partial charge on any atom is -0.291 e. The molecule has 1 fully saturated rings. The number of pyridine rings is 1. The first-order chi connectivity index (χ1) is 18.3. The number of hydrogen-bond acceptors (Lipinski definition) is 7. The molecule has 38 heavy (non-hydrogen) atoms. The highest BCUT2D eigenvalue weighted by molar-refractivity contribution is 7.89. The number of aromatic nitrogens is 6. The second-order valence-electron chi connectivity index (χ2n) is 9.42. The predicted octanol–water partition coefficient (Wildman–Crippen LogP) is 2.92. The zero-order chi connectivity index (χ0) is 26.5. The lowest BCUT2D eigenvalue weighted by atomic mass is 9.65. The van der Waals surface area contributed by atoms with Crippen molar-refractivity contribution in [1.82, 2.24) is 34.1 Å². The second-order valence-corrected chi connectivity index (χ2v) is 11.3. The molecule has 0 spiro atoms. The molecule has 4 heterocycles. The number of nitrogens with zero attached hydrogens (tertiary/aromatic N) is 7. The van der Waals surface area contributed by atoms with E-state index >= 15 is 0 Å². The van der Waals surface area contributed by atoms with Gasteiger partial charge in [0.1, 0.15) is 11.5 Å². The number of rotatable bonds is 6. The van der Waals surface area contributed by atoms with E-state index in [1.165, 1.54) is 27.3 Å². The Morgan fingerprint density at radius 1 is 1.16 bits per heavy atom. The van der Waals surface area contributed by atoms with Crippen LogP contribution in [0.1, 0.15) is 35.1 Å². The molecular formula is C26H24FN7O3S. The molecule has 1 aliphatic heterocycles. The van der Waals surface area contributed by atoms with Crippen LogP contribution in [0.2, 0.25) is 0 Å². The number of benzene rings is 1. The van der Waals surface area contributed by atoms with Crippen LogP contribution < -0.4 is 0 Å². The first-order valence-electron chi connectivity index (χ1n) is 12.2. The summed E-state index contributed by atoms with van der Waals surface area (Å²) in [5.74, 6) is -0.595. The molecular weight excluding hydrogens is 509 g/mol. The maximum absolute atomic E-state index is 14.1. The Hall–Kier alpha value is -4.03. The Kier molecular flexibility index (Phi) is 5.80. The van der Waals surface area contributed by atoms with Crippen molar-refractivity contribution in [3.63, 3.8) is 0 Å². The summed E-state index contributed by atoms with van der Waals surface area (Å²) in [6.45, 7) is 2.45. The number of carbonyl (C=O) groups is 1. The monoisotopic (exact) mass is 533 g/mol. The van der Waals surface area contributed by atoms with E-state index in [9.17, 15) is 17.6 Å². The molecule has 0 radical (unpaired) electrons. The van der Waals surface area contributed by atoms with Crippen molar-refractivity contribution in [2.75, 3.05) is 13.1 Å². The Balaban J connectivity index is 1.44. The summed E-state index contributed by atoms with van der Waals surface area (Å²) in [6, 6.07) is 11.1. The van der Waals surface area contributed by atoms with Gasteiger partial charge < -0.3 is 0 Å². The Bertz CT molecular complexity index is 1660. The normalized spacial score (nSPS) is 19.5. The fourth-order valence-electron chi connectivity index (χ4n) is 5.24. The molecule has 1 aliphatic carbocycles. The van der Waals surface area contributed by atoms with Crippen molar-refractivity contribution >= 4 is 21.9 Å². The standard InChI is InChI=1S/C26H24FN7O3S/c1-2-32-16-24(30-31-32)38(36,37)33-12-10-19-13-23-18(15-29-34(23)21-8-6-20(27)7-9-21)14-26(19,17-33)25(35)22-5-3-4-11-28-22/h3-9,11,13,15-16H,2,10,12,14,17H2,1H3/t26-/m0/s1. The van der Waals surface area contributed by atoms with Gasteiger partial charge in [0.05, 0.1) is 29.2 Å². The second kappa shape index (κ2) is 9.07. The van der Waals surface area contributed by atoms with Crippen LogP contribution in [-0.4, -0.2) is 61.4 Å². The maximum Gasteiger partial charge on any atom is 0.264 e. The number of fused-ring (bicyclic) bond motifs is 2.